The lowest BCUT2D eigenvalue weighted by Crippen LogP contribution is -2.17. The SMILES string of the molecule is CNCCOc1c(C=O)cc(C/C(C=N)=C/C=C/Cc2cnc(C)cn2)c(C)c1Cl.NC=O. The summed E-state index contributed by atoms with van der Waals surface area (Å²) in [4.78, 5) is 28.7. The molecule has 1 aromatic heterocycles. The van der Waals surface area contributed by atoms with E-state index in [1.807, 2.05) is 39.1 Å². The normalized spacial score (nSPS) is 11.0. The maximum absolute atomic E-state index is 11.6. The Kier molecular flexibility index (Phi) is 13.0. The van der Waals surface area contributed by atoms with Gasteiger partial charge in [-0.15, -0.1) is 0 Å². The van der Waals surface area contributed by atoms with E-state index in [-0.39, 0.29) is 6.41 Å². The number of allylic oxidation sites excluding steroid dienone is 4. The molecule has 1 heterocycles. The molecule has 0 aliphatic rings. The monoisotopic (exact) mass is 471 g/mol. The summed E-state index contributed by atoms with van der Waals surface area (Å²) in [5.41, 5.74) is 8.87. The van der Waals surface area contributed by atoms with Gasteiger partial charge in [-0.25, -0.2) is 0 Å². The van der Waals surface area contributed by atoms with Gasteiger partial charge in [0.25, 0.3) is 0 Å². The molecule has 0 fully saturated rings. The number of amides is 1. The Hall–Kier alpha value is -3.36. The van der Waals surface area contributed by atoms with Crippen LogP contribution in [0.25, 0.3) is 0 Å². The van der Waals surface area contributed by atoms with Gasteiger partial charge in [0.2, 0.25) is 6.41 Å². The Morgan fingerprint density at radius 2 is 2.00 bits per heavy atom. The number of nitrogens with one attached hydrogen (secondary N) is 2. The highest BCUT2D eigenvalue weighted by molar-refractivity contribution is 6.33. The van der Waals surface area contributed by atoms with Crippen molar-refractivity contribution in [1.82, 2.24) is 15.3 Å². The van der Waals surface area contributed by atoms with E-state index in [0.717, 1.165) is 34.4 Å². The first kappa shape index (κ1) is 27.7. The predicted molar refractivity (Wildman–Crippen MR) is 131 cm³/mol. The van der Waals surface area contributed by atoms with E-state index in [2.05, 4.69) is 21.0 Å². The second-order valence-corrected chi connectivity index (χ2v) is 7.32. The van der Waals surface area contributed by atoms with Crippen LogP contribution in [0.15, 0.2) is 42.3 Å². The summed E-state index contributed by atoms with van der Waals surface area (Å²) in [6.45, 7) is 4.86. The zero-order chi connectivity index (χ0) is 24.6. The number of likely N-dealkylation sites (N-methyl/N-ethyl adjacent to an activating group) is 1. The van der Waals surface area contributed by atoms with Crippen molar-refractivity contribution in [3.05, 3.63) is 75.4 Å². The summed E-state index contributed by atoms with van der Waals surface area (Å²) in [6, 6.07) is 1.78. The molecule has 0 bridgehead atoms. The largest absolute Gasteiger partial charge is 0.490 e. The number of aryl methyl sites for hydroxylation is 1. The second-order valence-electron chi connectivity index (χ2n) is 6.94. The summed E-state index contributed by atoms with van der Waals surface area (Å²) in [7, 11) is 1.83. The number of hydrogen-bond donors (Lipinski definition) is 3. The number of carbonyl (C=O) groups is 2. The number of aldehydes is 1. The van der Waals surface area contributed by atoms with Crippen LogP contribution in [0.5, 0.6) is 5.75 Å². The van der Waals surface area contributed by atoms with Crippen molar-refractivity contribution < 1.29 is 14.3 Å². The molecule has 0 saturated carbocycles. The first-order chi connectivity index (χ1) is 15.9. The summed E-state index contributed by atoms with van der Waals surface area (Å²) >= 11 is 6.49. The topological polar surface area (TPSA) is 131 Å². The van der Waals surface area contributed by atoms with Crippen molar-refractivity contribution in [2.75, 3.05) is 20.2 Å². The molecule has 0 saturated heterocycles. The van der Waals surface area contributed by atoms with Crippen LogP contribution in [0.4, 0.5) is 0 Å². The third kappa shape index (κ3) is 9.34. The maximum Gasteiger partial charge on any atom is 0.204 e. The van der Waals surface area contributed by atoms with E-state index >= 15 is 0 Å². The smallest absolute Gasteiger partial charge is 0.204 e. The molecule has 0 unspecified atom stereocenters. The lowest BCUT2D eigenvalue weighted by Gasteiger charge is -2.16. The van der Waals surface area contributed by atoms with Gasteiger partial charge >= 0.3 is 0 Å². The minimum Gasteiger partial charge on any atom is -0.490 e. The maximum atomic E-state index is 11.6. The Labute approximate surface area is 199 Å². The first-order valence-corrected chi connectivity index (χ1v) is 10.6. The van der Waals surface area contributed by atoms with Crippen molar-refractivity contribution >= 4 is 30.5 Å². The standard InChI is InChI=1S/C23H27ClN4O2.CH3NO/c1-16-13-28-21(14-27-16)7-5-4-6-18(12-25)10-19-11-20(15-29)23(22(24)17(19)2)30-9-8-26-3;2-1-3/h4-6,11-15,25-26H,7-10H2,1-3H3;1H,(H2,2,3)/b5-4+,18-6-,25-12?;. The van der Waals surface area contributed by atoms with Crippen LogP contribution >= 0.6 is 11.6 Å². The third-order valence-electron chi connectivity index (χ3n) is 4.52. The number of halogens is 1. The van der Waals surface area contributed by atoms with Gasteiger partial charge in [0, 0.05) is 31.6 Å². The van der Waals surface area contributed by atoms with Crippen molar-refractivity contribution in [1.29, 1.82) is 5.41 Å². The number of nitrogens with zero attached hydrogens (tertiary/aromatic N) is 2. The van der Waals surface area contributed by atoms with E-state index in [0.29, 0.717) is 42.3 Å². The molecule has 0 spiro atoms. The Morgan fingerprint density at radius 3 is 2.58 bits per heavy atom. The van der Waals surface area contributed by atoms with Crippen molar-refractivity contribution in [3.8, 4) is 5.75 Å². The second kappa shape index (κ2) is 15.4. The molecule has 8 nitrogen and oxygen atoms in total. The molecule has 1 aromatic carbocycles. The Balaban J connectivity index is 0.00000172. The number of nitrogens with two attached hydrogens (primary N) is 1. The molecule has 0 aliphatic carbocycles. The van der Waals surface area contributed by atoms with Gasteiger partial charge in [0.05, 0.1) is 22.0 Å². The molecule has 0 radical (unpaired) electrons. The molecule has 1 amide bonds. The highest BCUT2D eigenvalue weighted by Gasteiger charge is 2.15. The number of carbonyl (C=O) groups excluding carboxylic acids is 2. The Morgan fingerprint density at radius 1 is 1.27 bits per heavy atom. The number of ether oxygens (including phenoxy) is 1. The molecule has 4 N–H and O–H groups in total. The summed E-state index contributed by atoms with van der Waals surface area (Å²) in [5.74, 6) is 0.405. The average Bonchev–Trinajstić information content (AvgIpc) is 2.81. The number of hydrogen-bond acceptors (Lipinski definition) is 7. The fourth-order valence-electron chi connectivity index (χ4n) is 2.76. The van der Waals surface area contributed by atoms with Gasteiger partial charge in [-0.05, 0) is 50.1 Å². The molecule has 2 rings (SSSR count). The van der Waals surface area contributed by atoms with Crippen LogP contribution in [0, 0.1) is 19.3 Å². The lowest BCUT2D eigenvalue weighted by atomic mass is 9.97. The molecule has 2 aromatic rings. The molecule has 0 aliphatic heterocycles. The van der Waals surface area contributed by atoms with E-state index in [9.17, 15) is 4.79 Å². The van der Waals surface area contributed by atoms with Crippen LogP contribution in [-0.4, -0.2) is 49.1 Å². The van der Waals surface area contributed by atoms with Crippen LogP contribution in [-0.2, 0) is 17.6 Å². The molecular formula is C24H30ClN5O3. The van der Waals surface area contributed by atoms with Gasteiger partial charge < -0.3 is 21.2 Å². The molecular weight excluding hydrogens is 442 g/mol. The highest BCUT2D eigenvalue weighted by Crippen LogP contribution is 2.34. The number of benzene rings is 1. The fraction of sp³-hybridized carbons (Fsp3) is 0.292. The summed E-state index contributed by atoms with van der Waals surface area (Å²) in [6.07, 6.45) is 12.7. The quantitative estimate of drug-likeness (QED) is 0.199. The van der Waals surface area contributed by atoms with Crippen LogP contribution in [0.2, 0.25) is 5.02 Å². The first-order valence-electron chi connectivity index (χ1n) is 10.2. The zero-order valence-electron chi connectivity index (χ0n) is 19.1. The summed E-state index contributed by atoms with van der Waals surface area (Å²) < 4.78 is 5.69. The van der Waals surface area contributed by atoms with E-state index in [1.54, 1.807) is 18.5 Å². The highest BCUT2D eigenvalue weighted by atomic mass is 35.5. The fourth-order valence-corrected chi connectivity index (χ4v) is 3.04. The van der Waals surface area contributed by atoms with Crippen LogP contribution in [0.3, 0.4) is 0 Å². The van der Waals surface area contributed by atoms with E-state index < -0.39 is 0 Å². The van der Waals surface area contributed by atoms with E-state index in [1.165, 1.54) is 6.21 Å². The van der Waals surface area contributed by atoms with Gasteiger partial charge in [-0.2, -0.15) is 0 Å². The lowest BCUT2D eigenvalue weighted by molar-refractivity contribution is -0.106. The minimum absolute atomic E-state index is 0.250. The van der Waals surface area contributed by atoms with Gasteiger partial charge in [-0.3, -0.25) is 19.6 Å². The molecule has 9 heteroatoms. The average molecular weight is 472 g/mol. The van der Waals surface area contributed by atoms with E-state index in [4.69, 9.17) is 26.5 Å². The molecule has 33 heavy (non-hydrogen) atoms. The molecule has 176 valence electrons. The zero-order valence-corrected chi connectivity index (χ0v) is 19.9. The van der Waals surface area contributed by atoms with Crippen molar-refractivity contribution in [3.63, 3.8) is 0 Å². The van der Waals surface area contributed by atoms with Gasteiger partial charge in [0.1, 0.15) is 12.4 Å². The van der Waals surface area contributed by atoms with Gasteiger partial charge in [0.15, 0.2) is 6.29 Å². The molecule has 0 atom stereocenters. The third-order valence-corrected chi connectivity index (χ3v) is 4.97. The minimum atomic E-state index is 0.250. The number of primary amides is 1. The van der Waals surface area contributed by atoms with Gasteiger partial charge in [-0.1, -0.05) is 29.8 Å². The number of aromatic nitrogens is 2. The van der Waals surface area contributed by atoms with Crippen molar-refractivity contribution in [2.45, 2.75) is 26.7 Å². The van der Waals surface area contributed by atoms with Crippen LogP contribution < -0.4 is 15.8 Å². The van der Waals surface area contributed by atoms with Crippen molar-refractivity contribution in [2.24, 2.45) is 5.73 Å². The van der Waals surface area contributed by atoms with Crippen LogP contribution in [0.1, 0.15) is 32.9 Å². The summed E-state index contributed by atoms with van der Waals surface area (Å²) in [5, 5.41) is 11.1. The Bertz CT molecular complexity index is 989. The predicted octanol–water partition coefficient (Wildman–Crippen LogP) is 3.18. The number of rotatable bonds is 11.